The van der Waals surface area contributed by atoms with Crippen LogP contribution in [0.4, 0.5) is 11.4 Å². The zero-order valence-electron chi connectivity index (χ0n) is 25.7. The number of H-pyrrole nitrogens is 1. The first kappa shape index (κ1) is 27.8. The van der Waals surface area contributed by atoms with Gasteiger partial charge in [0.05, 0.1) is 6.21 Å². The minimum Gasteiger partial charge on any atom is -0.456 e. The van der Waals surface area contributed by atoms with Gasteiger partial charge in [-0.1, -0.05) is 48.5 Å². The van der Waals surface area contributed by atoms with E-state index in [4.69, 9.17) is 9.84 Å². The van der Waals surface area contributed by atoms with Gasteiger partial charge in [0.2, 0.25) is 0 Å². The Kier molecular flexibility index (Phi) is 6.88. The molecular formula is C37H37N5O2. The van der Waals surface area contributed by atoms with Gasteiger partial charge in [0, 0.05) is 94.6 Å². The average molecular weight is 584 g/mol. The lowest BCUT2D eigenvalue weighted by Crippen LogP contribution is -2.44. The van der Waals surface area contributed by atoms with Crippen molar-refractivity contribution in [2.45, 2.75) is 33.2 Å². The van der Waals surface area contributed by atoms with Crippen molar-refractivity contribution in [2.24, 2.45) is 5.10 Å². The number of carbonyl (C=O) groups excluding carboxylic acids is 1. The zero-order chi connectivity index (χ0) is 30.4. The number of fused-ring (bicyclic) bond motifs is 7. The Labute approximate surface area is 258 Å². The van der Waals surface area contributed by atoms with E-state index >= 15 is 0 Å². The van der Waals surface area contributed by atoms with Crippen molar-refractivity contribution in [3.63, 3.8) is 0 Å². The Bertz CT molecular complexity index is 1840. The van der Waals surface area contributed by atoms with E-state index in [1.54, 1.807) is 11.2 Å². The van der Waals surface area contributed by atoms with Gasteiger partial charge >= 0.3 is 0 Å². The minimum absolute atomic E-state index is 0.142. The second-order valence-electron chi connectivity index (χ2n) is 11.2. The number of ether oxygens (including phenoxy) is 1. The highest BCUT2D eigenvalue weighted by Crippen LogP contribution is 2.58. The number of hydrazone groups is 1. The van der Waals surface area contributed by atoms with Crippen LogP contribution in [0.15, 0.2) is 96.2 Å². The number of aromatic nitrogens is 1. The number of nitrogens with one attached hydrogen (secondary N) is 1. The Morgan fingerprint density at radius 1 is 0.773 bits per heavy atom. The van der Waals surface area contributed by atoms with E-state index < -0.39 is 5.54 Å². The first-order valence-corrected chi connectivity index (χ1v) is 15.6. The molecule has 5 aromatic rings. The maximum atomic E-state index is 14.4. The molecule has 0 atom stereocenters. The van der Waals surface area contributed by atoms with Gasteiger partial charge < -0.3 is 19.5 Å². The Morgan fingerprint density at radius 3 is 2.00 bits per heavy atom. The summed E-state index contributed by atoms with van der Waals surface area (Å²) in [5.41, 5.74) is 6.42. The maximum Gasteiger partial charge on any atom is 0.275 e. The third-order valence-corrected chi connectivity index (χ3v) is 9.18. The number of nitrogens with zero attached hydrogens (tertiary/aromatic N) is 4. The smallest absolute Gasteiger partial charge is 0.275 e. The van der Waals surface area contributed by atoms with E-state index in [2.05, 4.69) is 91.0 Å². The lowest BCUT2D eigenvalue weighted by molar-refractivity contribution is 0.0675. The molecule has 1 amide bonds. The number of amides is 1. The van der Waals surface area contributed by atoms with Crippen LogP contribution in [-0.2, 0) is 5.54 Å². The van der Waals surface area contributed by atoms with Gasteiger partial charge in [0.1, 0.15) is 17.0 Å². The van der Waals surface area contributed by atoms with E-state index in [9.17, 15) is 4.79 Å². The van der Waals surface area contributed by atoms with Gasteiger partial charge in [0.25, 0.3) is 5.91 Å². The fourth-order valence-corrected chi connectivity index (χ4v) is 6.97. The molecule has 0 fully saturated rings. The topological polar surface area (TPSA) is 64.2 Å². The summed E-state index contributed by atoms with van der Waals surface area (Å²) < 4.78 is 6.78. The summed E-state index contributed by atoms with van der Waals surface area (Å²) in [5.74, 6) is 1.32. The highest BCUT2D eigenvalue weighted by molar-refractivity contribution is 6.04. The summed E-state index contributed by atoms with van der Waals surface area (Å²) in [6.07, 6.45) is 3.74. The van der Waals surface area contributed by atoms with E-state index in [0.717, 1.165) is 82.2 Å². The van der Waals surface area contributed by atoms with Crippen LogP contribution in [0.1, 0.15) is 60.3 Å². The van der Waals surface area contributed by atoms with Gasteiger partial charge in [-0.3, -0.25) is 4.79 Å². The molecule has 2 aliphatic rings. The van der Waals surface area contributed by atoms with Crippen molar-refractivity contribution in [1.82, 2.24) is 9.99 Å². The number of carbonyl (C=O) groups is 1. The van der Waals surface area contributed by atoms with Crippen LogP contribution in [0.3, 0.4) is 0 Å². The van der Waals surface area contributed by atoms with Crippen molar-refractivity contribution in [2.75, 3.05) is 36.0 Å². The molecule has 1 aromatic heterocycles. The van der Waals surface area contributed by atoms with Crippen molar-refractivity contribution >= 4 is 34.4 Å². The van der Waals surface area contributed by atoms with Crippen molar-refractivity contribution in [3.05, 3.63) is 119 Å². The molecule has 4 aromatic carbocycles. The quantitative estimate of drug-likeness (QED) is 0.190. The molecule has 7 nitrogen and oxygen atoms in total. The summed E-state index contributed by atoms with van der Waals surface area (Å²) in [7, 11) is 0. The van der Waals surface area contributed by atoms with Gasteiger partial charge in [-0.05, 0) is 52.0 Å². The van der Waals surface area contributed by atoms with Gasteiger partial charge in [-0.25, -0.2) is 5.01 Å². The SMILES string of the molecule is CCN(CC)c1ccc2c(c1)Oc1cc(N(CC)CC)ccc1C21c2ccccc2C(=O)N1/N=C/c1c[nH]c2ccccc12. The number of rotatable bonds is 8. The minimum atomic E-state index is -1.01. The summed E-state index contributed by atoms with van der Waals surface area (Å²) in [6.45, 7) is 12.1. The molecule has 222 valence electrons. The molecule has 44 heavy (non-hydrogen) atoms. The molecule has 0 saturated carbocycles. The molecule has 7 heteroatoms. The van der Waals surface area contributed by atoms with Gasteiger partial charge in [-0.15, -0.1) is 0 Å². The van der Waals surface area contributed by atoms with Crippen LogP contribution in [0, 0.1) is 0 Å². The third-order valence-electron chi connectivity index (χ3n) is 9.18. The molecule has 0 bridgehead atoms. The summed E-state index contributed by atoms with van der Waals surface area (Å²) >= 11 is 0. The second-order valence-corrected chi connectivity index (χ2v) is 11.2. The van der Waals surface area contributed by atoms with Crippen molar-refractivity contribution in [3.8, 4) is 11.5 Å². The Hall–Kier alpha value is -5.04. The van der Waals surface area contributed by atoms with Crippen LogP contribution in [-0.4, -0.2) is 48.3 Å². The van der Waals surface area contributed by atoms with E-state index in [1.807, 2.05) is 42.6 Å². The number of hydrogen-bond donors (Lipinski definition) is 1. The largest absolute Gasteiger partial charge is 0.456 e. The summed E-state index contributed by atoms with van der Waals surface area (Å²) in [5, 5.41) is 7.75. The average Bonchev–Trinajstić information content (AvgIpc) is 3.58. The van der Waals surface area contributed by atoms with Crippen molar-refractivity contribution < 1.29 is 9.53 Å². The fraction of sp³-hybridized carbons (Fsp3) is 0.243. The molecule has 1 spiro atoms. The third kappa shape index (κ3) is 4.03. The number of aromatic amines is 1. The molecular weight excluding hydrogens is 546 g/mol. The van der Waals surface area contributed by atoms with Crippen LogP contribution in [0.5, 0.6) is 11.5 Å². The summed E-state index contributed by atoms with van der Waals surface area (Å²) in [6, 6.07) is 28.8. The monoisotopic (exact) mass is 583 g/mol. The molecule has 0 unspecified atom stereocenters. The number of para-hydroxylation sites is 1. The number of hydrogen-bond acceptors (Lipinski definition) is 5. The van der Waals surface area contributed by atoms with Gasteiger partial charge in [0.15, 0.2) is 0 Å². The Morgan fingerprint density at radius 2 is 1.36 bits per heavy atom. The van der Waals surface area contributed by atoms with Crippen LogP contribution < -0.4 is 14.5 Å². The predicted molar refractivity (Wildman–Crippen MR) is 178 cm³/mol. The van der Waals surface area contributed by atoms with E-state index in [-0.39, 0.29) is 5.91 Å². The first-order valence-electron chi connectivity index (χ1n) is 15.6. The van der Waals surface area contributed by atoms with Crippen LogP contribution in [0.2, 0.25) is 0 Å². The molecule has 0 saturated heterocycles. The second kappa shape index (κ2) is 10.9. The van der Waals surface area contributed by atoms with E-state index in [0.29, 0.717) is 5.56 Å². The Balaban J connectivity index is 1.50. The summed E-state index contributed by atoms with van der Waals surface area (Å²) in [4.78, 5) is 22.3. The molecule has 3 heterocycles. The molecule has 2 aliphatic heterocycles. The fourth-order valence-electron chi connectivity index (χ4n) is 6.97. The normalized spacial score (nSPS) is 14.5. The van der Waals surface area contributed by atoms with Crippen LogP contribution >= 0.6 is 0 Å². The van der Waals surface area contributed by atoms with Crippen LogP contribution in [0.25, 0.3) is 10.9 Å². The zero-order valence-corrected chi connectivity index (χ0v) is 25.7. The number of anilines is 2. The van der Waals surface area contributed by atoms with E-state index in [1.165, 1.54) is 0 Å². The molecule has 1 N–H and O–H groups in total. The predicted octanol–water partition coefficient (Wildman–Crippen LogP) is 7.75. The lowest BCUT2D eigenvalue weighted by atomic mass is 9.75. The maximum absolute atomic E-state index is 14.4. The lowest BCUT2D eigenvalue weighted by Gasteiger charge is -2.42. The number of benzene rings is 4. The first-order chi connectivity index (χ1) is 21.5. The van der Waals surface area contributed by atoms with Crippen molar-refractivity contribution in [1.29, 1.82) is 0 Å². The highest BCUT2D eigenvalue weighted by atomic mass is 16.5. The molecule has 0 radical (unpaired) electrons. The highest BCUT2D eigenvalue weighted by Gasteiger charge is 2.57. The van der Waals surface area contributed by atoms with Gasteiger partial charge in [-0.2, -0.15) is 5.10 Å². The molecule has 0 aliphatic carbocycles. The standard InChI is InChI=1S/C37H37N5O2/c1-5-40(6-2)26-17-19-31-34(21-26)44-35-22-27(41(7-3)8-4)18-20-32(35)37(31)30-15-11-9-14-29(30)36(43)42(37)39-24-25-23-38-33-16-12-10-13-28(25)33/h9-24,38H,5-8H2,1-4H3/b39-24+. The molecule has 7 rings (SSSR count).